The molecular formula is C15H11F4NO2. The van der Waals surface area contributed by atoms with Gasteiger partial charge in [-0.25, -0.2) is 4.39 Å². The van der Waals surface area contributed by atoms with Crippen LogP contribution < -0.4 is 10.5 Å². The number of nitrogens with two attached hydrogens (primary N) is 1. The largest absolute Gasteiger partial charge is 0.489 e. The van der Waals surface area contributed by atoms with Crippen LogP contribution in [0.5, 0.6) is 5.75 Å². The number of ether oxygens (including phenoxy) is 1. The van der Waals surface area contributed by atoms with Crippen molar-refractivity contribution in [3.8, 4) is 5.75 Å². The molecule has 0 radical (unpaired) electrons. The van der Waals surface area contributed by atoms with E-state index < -0.39 is 23.5 Å². The summed E-state index contributed by atoms with van der Waals surface area (Å²) < 4.78 is 56.3. The number of carbonyl (C=O) groups excluding carboxylic acids is 1. The highest BCUT2D eigenvalue weighted by Gasteiger charge is 2.34. The zero-order valence-electron chi connectivity index (χ0n) is 11.2. The molecular weight excluding hydrogens is 302 g/mol. The standard InChI is InChI=1S/C15H11F4NO2/c16-13-5-4-9(6-12(13)15(17,18)19)8-22-11-3-1-2-10(7-11)14(20)21/h1-7H,8H2,(H2,20,21). The topological polar surface area (TPSA) is 52.3 Å². The van der Waals surface area contributed by atoms with Crippen LogP contribution in [-0.4, -0.2) is 5.91 Å². The predicted molar refractivity (Wildman–Crippen MR) is 70.7 cm³/mol. The third-order valence-electron chi connectivity index (χ3n) is 2.86. The summed E-state index contributed by atoms with van der Waals surface area (Å²) in [5.41, 5.74) is 4.13. The van der Waals surface area contributed by atoms with Crippen LogP contribution in [0.2, 0.25) is 0 Å². The second-order valence-electron chi connectivity index (χ2n) is 4.49. The van der Waals surface area contributed by atoms with Gasteiger partial charge in [-0.05, 0) is 35.9 Å². The van der Waals surface area contributed by atoms with Crippen molar-refractivity contribution < 1.29 is 27.1 Å². The van der Waals surface area contributed by atoms with Gasteiger partial charge in [-0.3, -0.25) is 4.79 Å². The second kappa shape index (κ2) is 6.05. The summed E-state index contributed by atoms with van der Waals surface area (Å²) in [7, 11) is 0. The Morgan fingerprint density at radius 3 is 2.50 bits per heavy atom. The fraction of sp³-hybridized carbons (Fsp3) is 0.133. The fourth-order valence-electron chi connectivity index (χ4n) is 1.79. The number of alkyl halides is 3. The van der Waals surface area contributed by atoms with Crippen LogP contribution in [0.15, 0.2) is 42.5 Å². The minimum Gasteiger partial charge on any atom is -0.489 e. The van der Waals surface area contributed by atoms with E-state index in [1.165, 1.54) is 30.3 Å². The Hall–Kier alpha value is -2.57. The molecule has 0 fully saturated rings. The first-order chi connectivity index (χ1) is 10.3. The Labute approximate surface area is 123 Å². The summed E-state index contributed by atoms with van der Waals surface area (Å²) in [6, 6.07) is 8.53. The van der Waals surface area contributed by atoms with Crippen LogP contribution >= 0.6 is 0 Å². The Morgan fingerprint density at radius 1 is 1.14 bits per heavy atom. The molecule has 0 unspecified atom stereocenters. The normalized spacial score (nSPS) is 11.3. The lowest BCUT2D eigenvalue weighted by molar-refractivity contribution is -0.140. The summed E-state index contributed by atoms with van der Waals surface area (Å²) in [4.78, 5) is 11.0. The predicted octanol–water partition coefficient (Wildman–Crippen LogP) is 3.52. The Bertz CT molecular complexity index is 698. The molecule has 0 bridgehead atoms. The van der Waals surface area contributed by atoms with Crippen molar-refractivity contribution in [3.05, 3.63) is 65.0 Å². The quantitative estimate of drug-likeness (QED) is 0.878. The van der Waals surface area contributed by atoms with E-state index in [-0.39, 0.29) is 23.5 Å². The number of carbonyl (C=O) groups is 1. The lowest BCUT2D eigenvalue weighted by Crippen LogP contribution is -2.11. The summed E-state index contributed by atoms with van der Waals surface area (Å²) in [5.74, 6) is -1.72. The van der Waals surface area contributed by atoms with Crippen molar-refractivity contribution in [2.75, 3.05) is 0 Å². The van der Waals surface area contributed by atoms with Gasteiger partial charge < -0.3 is 10.5 Å². The Morgan fingerprint density at radius 2 is 1.86 bits per heavy atom. The molecule has 116 valence electrons. The molecule has 0 aliphatic carbocycles. The van der Waals surface area contributed by atoms with Crippen LogP contribution in [-0.2, 0) is 12.8 Å². The Kier molecular flexibility index (Phi) is 4.35. The number of rotatable bonds is 4. The molecule has 0 saturated heterocycles. The molecule has 2 rings (SSSR count). The third-order valence-corrected chi connectivity index (χ3v) is 2.86. The van der Waals surface area contributed by atoms with E-state index in [1.54, 1.807) is 0 Å². The molecule has 1 amide bonds. The maximum atomic E-state index is 13.2. The monoisotopic (exact) mass is 313 g/mol. The molecule has 2 N–H and O–H groups in total. The number of benzene rings is 2. The number of halogens is 4. The van der Waals surface area contributed by atoms with Crippen molar-refractivity contribution in [1.82, 2.24) is 0 Å². The van der Waals surface area contributed by atoms with Crippen LogP contribution in [0.4, 0.5) is 17.6 Å². The highest BCUT2D eigenvalue weighted by atomic mass is 19.4. The highest BCUT2D eigenvalue weighted by molar-refractivity contribution is 5.93. The SMILES string of the molecule is NC(=O)c1cccc(OCc2ccc(F)c(C(F)(F)F)c2)c1. The van der Waals surface area contributed by atoms with E-state index in [0.29, 0.717) is 6.07 Å². The average Bonchev–Trinajstić information content (AvgIpc) is 2.45. The van der Waals surface area contributed by atoms with E-state index in [1.807, 2.05) is 0 Å². The first-order valence-corrected chi connectivity index (χ1v) is 6.15. The number of primary amides is 1. The molecule has 2 aromatic carbocycles. The van der Waals surface area contributed by atoms with Gasteiger partial charge in [-0.1, -0.05) is 12.1 Å². The first-order valence-electron chi connectivity index (χ1n) is 6.15. The molecule has 22 heavy (non-hydrogen) atoms. The van der Waals surface area contributed by atoms with E-state index in [2.05, 4.69) is 0 Å². The van der Waals surface area contributed by atoms with Crippen LogP contribution in [0.3, 0.4) is 0 Å². The number of hydrogen-bond acceptors (Lipinski definition) is 2. The van der Waals surface area contributed by atoms with Gasteiger partial charge in [0.2, 0.25) is 5.91 Å². The third kappa shape index (κ3) is 3.75. The van der Waals surface area contributed by atoms with Crippen LogP contribution in [0, 0.1) is 5.82 Å². The van der Waals surface area contributed by atoms with Crippen LogP contribution in [0.25, 0.3) is 0 Å². The maximum absolute atomic E-state index is 13.2. The minimum absolute atomic E-state index is 0.151. The van der Waals surface area contributed by atoms with Crippen molar-refractivity contribution >= 4 is 5.91 Å². The molecule has 0 heterocycles. The molecule has 0 aromatic heterocycles. The van der Waals surface area contributed by atoms with E-state index >= 15 is 0 Å². The fourth-order valence-corrected chi connectivity index (χ4v) is 1.79. The zero-order valence-corrected chi connectivity index (χ0v) is 11.2. The molecule has 0 atom stereocenters. The second-order valence-corrected chi connectivity index (χ2v) is 4.49. The molecule has 2 aromatic rings. The maximum Gasteiger partial charge on any atom is 0.419 e. The van der Waals surface area contributed by atoms with Crippen molar-refractivity contribution in [2.24, 2.45) is 5.73 Å². The summed E-state index contributed by atoms with van der Waals surface area (Å²) in [5, 5.41) is 0. The van der Waals surface area contributed by atoms with Crippen molar-refractivity contribution in [1.29, 1.82) is 0 Å². The molecule has 3 nitrogen and oxygen atoms in total. The van der Waals surface area contributed by atoms with E-state index in [9.17, 15) is 22.4 Å². The highest BCUT2D eigenvalue weighted by Crippen LogP contribution is 2.32. The number of hydrogen-bond donors (Lipinski definition) is 1. The van der Waals surface area contributed by atoms with Gasteiger partial charge in [0.15, 0.2) is 0 Å². The van der Waals surface area contributed by atoms with E-state index in [0.717, 1.165) is 6.07 Å². The van der Waals surface area contributed by atoms with E-state index in [4.69, 9.17) is 10.5 Å². The summed E-state index contributed by atoms with van der Waals surface area (Å²) >= 11 is 0. The van der Waals surface area contributed by atoms with Gasteiger partial charge in [0.25, 0.3) is 0 Å². The average molecular weight is 313 g/mol. The molecule has 7 heteroatoms. The van der Waals surface area contributed by atoms with Gasteiger partial charge in [-0.15, -0.1) is 0 Å². The minimum atomic E-state index is -4.77. The smallest absolute Gasteiger partial charge is 0.419 e. The van der Waals surface area contributed by atoms with Gasteiger partial charge in [0.1, 0.15) is 18.2 Å². The molecule has 0 spiro atoms. The van der Waals surface area contributed by atoms with Gasteiger partial charge >= 0.3 is 6.18 Å². The Balaban J connectivity index is 2.15. The summed E-state index contributed by atoms with van der Waals surface area (Å²) in [6.45, 7) is -0.203. The molecule has 0 saturated carbocycles. The van der Waals surface area contributed by atoms with Crippen LogP contribution in [0.1, 0.15) is 21.5 Å². The number of amides is 1. The first kappa shape index (κ1) is 15.8. The van der Waals surface area contributed by atoms with Gasteiger partial charge in [0, 0.05) is 5.56 Å². The van der Waals surface area contributed by atoms with Gasteiger partial charge in [-0.2, -0.15) is 13.2 Å². The molecule has 0 aliphatic heterocycles. The lowest BCUT2D eigenvalue weighted by atomic mass is 10.1. The summed E-state index contributed by atoms with van der Waals surface area (Å²) in [6.07, 6.45) is -4.77. The van der Waals surface area contributed by atoms with Crippen molar-refractivity contribution in [3.63, 3.8) is 0 Å². The molecule has 0 aliphatic rings. The lowest BCUT2D eigenvalue weighted by Gasteiger charge is -2.11. The van der Waals surface area contributed by atoms with Crippen molar-refractivity contribution in [2.45, 2.75) is 12.8 Å². The zero-order chi connectivity index (χ0) is 16.3. The van der Waals surface area contributed by atoms with Gasteiger partial charge in [0.05, 0.1) is 5.56 Å².